The monoisotopic (exact) mass is 295 g/mol. The summed E-state index contributed by atoms with van der Waals surface area (Å²) in [4.78, 5) is 11.9. The van der Waals surface area contributed by atoms with Crippen molar-refractivity contribution in [2.45, 2.75) is 19.9 Å². The number of nitrogens with zero attached hydrogens (tertiary/aromatic N) is 2. The highest BCUT2D eigenvalue weighted by Crippen LogP contribution is 2.17. The van der Waals surface area contributed by atoms with Gasteiger partial charge in [0.15, 0.2) is 0 Å². The van der Waals surface area contributed by atoms with E-state index in [0.29, 0.717) is 11.3 Å². The van der Waals surface area contributed by atoms with Crippen molar-refractivity contribution in [3.63, 3.8) is 0 Å². The summed E-state index contributed by atoms with van der Waals surface area (Å²) in [5, 5.41) is 7.46. The molecule has 2 aromatic rings. The van der Waals surface area contributed by atoms with Gasteiger partial charge in [0.2, 0.25) is 0 Å². The fourth-order valence-electron chi connectivity index (χ4n) is 1.73. The highest BCUT2D eigenvalue weighted by atomic mass is 35.5. The molecule has 0 saturated carbocycles. The van der Waals surface area contributed by atoms with Gasteiger partial charge in [0.25, 0.3) is 5.56 Å². The second-order valence-corrected chi connectivity index (χ2v) is 4.81. The molecule has 0 radical (unpaired) electrons. The number of hydrogen-bond donors (Lipinski definition) is 1. The Bertz CT molecular complexity index is 657. The van der Waals surface area contributed by atoms with Gasteiger partial charge >= 0.3 is 0 Å². The molecule has 1 heterocycles. The van der Waals surface area contributed by atoms with E-state index in [1.165, 1.54) is 22.9 Å². The summed E-state index contributed by atoms with van der Waals surface area (Å²) in [6.45, 7) is 3.04. The van der Waals surface area contributed by atoms with E-state index < -0.39 is 5.82 Å². The lowest BCUT2D eigenvalue weighted by Crippen LogP contribution is -2.23. The maximum atomic E-state index is 13.0. The average Bonchev–Trinajstić information content (AvgIpc) is 2.42. The number of anilines is 1. The number of halogens is 2. The Morgan fingerprint density at radius 3 is 2.85 bits per heavy atom. The highest BCUT2D eigenvalue weighted by Gasteiger charge is 2.06. The van der Waals surface area contributed by atoms with Gasteiger partial charge in [-0.15, -0.1) is 0 Å². The number of aromatic nitrogens is 2. The zero-order chi connectivity index (χ0) is 14.5. The minimum atomic E-state index is -0.404. The standard InChI is InChI=1S/C14H15ClFN3O/c1-2-5-17-12-7-14(20)19(18-8-12)9-10-3-4-11(16)6-13(10)15/h3-4,6-8,17H,2,5,9H2,1H3. The molecule has 0 atom stereocenters. The van der Waals surface area contributed by atoms with Crippen molar-refractivity contribution in [1.82, 2.24) is 9.78 Å². The van der Waals surface area contributed by atoms with Crippen molar-refractivity contribution in [2.24, 2.45) is 0 Å². The van der Waals surface area contributed by atoms with Gasteiger partial charge in [0.1, 0.15) is 5.82 Å². The fourth-order valence-corrected chi connectivity index (χ4v) is 1.96. The normalized spacial score (nSPS) is 10.6. The molecule has 1 aromatic heterocycles. The van der Waals surface area contributed by atoms with Gasteiger partial charge in [-0.3, -0.25) is 4.79 Å². The Hall–Kier alpha value is -1.88. The van der Waals surface area contributed by atoms with Gasteiger partial charge in [0, 0.05) is 17.6 Å². The summed E-state index contributed by atoms with van der Waals surface area (Å²) >= 11 is 5.94. The largest absolute Gasteiger partial charge is 0.384 e. The topological polar surface area (TPSA) is 46.9 Å². The molecule has 0 fully saturated rings. The molecule has 0 bridgehead atoms. The third-order valence-corrected chi connectivity index (χ3v) is 3.14. The van der Waals surface area contributed by atoms with E-state index >= 15 is 0 Å². The van der Waals surface area contributed by atoms with E-state index in [0.717, 1.165) is 13.0 Å². The van der Waals surface area contributed by atoms with Crippen LogP contribution in [0.2, 0.25) is 5.02 Å². The predicted molar refractivity (Wildman–Crippen MR) is 77.8 cm³/mol. The number of benzene rings is 1. The second-order valence-electron chi connectivity index (χ2n) is 4.40. The third-order valence-electron chi connectivity index (χ3n) is 2.78. The lowest BCUT2D eigenvalue weighted by molar-refractivity contribution is 0.619. The van der Waals surface area contributed by atoms with Crippen molar-refractivity contribution >= 4 is 17.3 Å². The summed E-state index contributed by atoms with van der Waals surface area (Å²) in [5.41, 5.74) is 1.11. The van der Waals surface area contributed by atoms with E-state index in [9.17, 15) is 9.18 Å². The molecule has 0 aliphatic rings. The Morgan fingerprint density at radius 2 is 2.20 bits per heavy atom. The first-order valence-corrected chi connectivity index (χ1v) is 6.73. The summed E-state index contributed by atoms with van der Waals surface area (Å²) in [6, 6.07) is 5.57. The van der Waals surface area contributed by atoms with Crippen LogP contribution in [0, 0.1) is 5.82 Å². The van der Waals surface area contributed by atoms with Gasteiger partial charge < -0.3 is 5.32 Å². The molecule has 4 nitrogen and oxygen atoms in total. The molecular weight excluding hydrogens is 281 g/mol. The molecule has 0 spiro atoms. The first-order valence-electron chi connectivity index (χ1n) is 6.35. The van der Waals surface area contributed by atoms with Gasteiger partial charge in [0.05, 0.1) is 18.4 Å². The third kappa shape index (κ3) is 3.57. The van der Waals surface area contributed by atoms with Crippen molar-refractivity contribution < 1.29 is 4.39 Å². The number of rotatable bonds is 5. The van der Waals surface area contributed by atoms with E-state index in [2.05, 4.69) is 10.4 Å². The molecular formula is C14H15ClFN3O. The smallest absolute Gasteiger partial charge is 0.269 e. The second kappa shape index (κ2) is 6.52. The van der Waals surface area contributed by atoms with Crippen LogP contribution in [-0.2, 0) is 6.54 Å². The Balaban J connectivity index is 2.19. The van der Waals surface area contributed by atoms with Crippen molar-refractivity contribution in [3.8, 4) is 0 Å². The van der Waals surface area contributed by atoms with Crippen LogP contribution in [0.4, 0.5) is 10.1 Å². The molecule has 0 saturated heterocycles. The van der Waals surface area contributed by atoms with Crippen LogP contribution in [0.15, 0.2) is 35.3 Å². The van der Waals surface area contributed by atoms with Gasteiger partial charge in [-0.25, -0.2) is 9.07 Å². The van der Waals surface area contributed by atoms with Crippen LogP contribution in [-0.4, -0.2) is 16.3 Å². The number of nitrogens with one attached hydrogen (secondary N) is 1. The minimum Gasteiger partial charge on any atom is -0.384 e. The summed E-state index contributed by atoms with van der Waals surface area (Å²) in [7, 11) is 0. The van der Waals surface area contributed by atoms with E-state index in [1.807, 2.05) is 6.92 Å². The van der Waals surface area contributed by atoms with Crippen LogP contribution < -0.4 is 10.9 Å². The molecule has 6 heteroatoms. The van der Waals surface area contributed by atoms with Gasteiger partial charge in [-0.1, -0.05) is 24.6 Å². The maximum Gasteiger partial charge on any atom is 0.269 e. The van der Waals surface area contributed by atoms with Crippen LogP contribution in [0.5, 0.6) is 0 Å². The van der Waals surface area contributed by atoms with Crippen LogP contribution in [0.1, 0.15) is 18.9 Å². The lowest BCUT2D eigenvalue weighted by atomic mass is 10.2. The predicted octanol–water partition coefficient (Wildman–Crippen LogP) is 2.91. The van der Waals surface area contributed by atoms with Crippen LogP contribution >= 0.6 is 11.6 Å². The molecule has 2 rings (SSSR count). The molecule has 1 N–H and O–H groups in total. The lowest BCUT2D eigenvalue weighted by Gasteiger charge is -2.08. The summed E-state index contributed by atoms with van der Waals surface area (Å²) in [5.74, 6) is -0.404. The zero-order valence-corrected chi connectivity index (χ0v) is 11.8. The van der Waals surface area contributed by atoms with Gasteiger partial charge in [-0.05, 0) is 24.1 Å². The molecule has 0 aliphatic heterocycles. The van der Waals surface area contributed by atoms with E-state index in [-0.39, 0.29) is 17.1 Å². The minimum absolute atomic E-state index is 0.214. The molecule has 0 unspecified atom stereocenters. The molecule has 0 aliphatic carbocycles. The molecule has 106 valence electrons. The molecule has 0 amide bonds. The number of hydrogen-bond acceptors (Lipinski definition) is 3. The Kier molecular flexibility index (Phi) is 4.74. The SMILES string of the molecule is CCCNc1cnn(Cc2ccc(F)cc2Cl)c(=O)c1. The van der Waals surface area contributed by atoms with Crippen molar-refractivity contribution in [2.75, 3.05) is 11.9 Å². The quantitative estimate of drug-likeness (QED) is 0.922. The van der Waals surface area contributed by atoms with Crippen molar-refractivity contribution in [3.05, 3.63) is 57.2 Å². The Labute approximate surface area is 121 Å². The highest BCUT2D eigenvalue weighted by molar-refractivity contribution is 6.31. The summed E-state index contributed by atoms with van der Waals surface area (Å²) < 4.78 is 14.2. The van der Waals surface area contributed by atoms with E-state index in [1.54, 1.807) is 12.3 Å². The summed E-state index contributed by atoms with van der Waals surface area (Å²) in [6.07, 6.45) is 2.56. The first-order chi connectivity index (χ1) is 9.60. The van der Waals surface area contributed by atoms with Crippen molar-refractivity contribution in [1.29, 1.82) is 0 Å². The van der Waals surface area contributed by atoms with Crippen LogP contribution in [0.25, 0.3) is 0 Å². The maximum absolute atomic E-state index is 13.0. The van der Waals surface area contributed by atoms with Crippen LogP contribution in [0.3, 0.4) is 0 Å². The van der Waals surface area contributed by atoms with E-state index in [4.69, 9.17) is 11.6 Å². The Morgan fingerprint density at radius 1 is 1.40 bits per heavy atom. The zero-order valence-electron chi connectivity index (χ0n) is 11.1. The average molecular weight is 296 g/mol. The molecule has 1 aromatic carbocycles. The fraction of sp³-hybridized carbons (Fsp3) is 0.286. The molecule has 20 heavy (non-hydrogen) atoms. The van der Waals surface area contributed by atoms with Gasteiger partial charge in [-0.2, -0.15) is 5.10 Å². The first kappa shape index (κ1) is 14.5.